The molecule has 16 heavy (non-hydrogen) atoms. The van der Waals surface area contributed by atoms with E-state index in [4.69, 9.17) is 18.4 Å². The van der Waals surface area contributed by atoms with Gasteiger partial charge >= 0.3 is 93.8 Å². The predicted molar refractivity (Wildman–Crippen MR) is 58.6 cm³/mol. The fourth-order valence-corrected chi connectivity index (χ4v) is 2.14. The van der Waals surface area contributed by atoms with E-state index in [0.717, 1.165) is 0 Å². The minimum atomic E-state index is -3.45. The Bertz CT molecular complexity index is 287. The van der Waals surface area contributed by atoms with Crippen LogP contribution in [0.25, 0.3) is 0 Å². The summed E-state index contributed by atoms with van der Waals surface area (Å²) in [4.78, 5) is 9.06. The summed E-state index contributed by atoms with van der Waals surface area (Å²) in [7, 11) is 0.582. The number of benzene rings is 1. The maximum atomic E-state index is 5.45. The van der Waals surface area contributed by atoms with Crippen LogP contribution in [0.2, 0.25) is 0 Å². The molecule has 0 aliphatic carbocycles. The van der Waals surface area contributed by atoms with E-state index in [2.05, 4.69) is 9.78 Å². The molecular formula is C9H15O6P. The van der Waals surface area contributed by atoms with Crippen molar-refractivity contribution in [3.05, 3.63) is 30.3 Å². The van der Waals surface area contributed by atoms with Gasteiger partial charge in [0.15, 0.2) is 0 Å². The predicted octanol–water partition coefficient (Wildman–Crippen LogP) is 2.28. The Hall–Kier alpha value is -0.750. The normalized spacial score (nSPS) is 12.4. The first-order valence-corrected chi connectivity index (χ1v) is 6.12. The van der Waals surface area contributed by atoms with Crippen LogP contribution in [0.15, 0.2) is 30.3 Å². The van der Waals surface area contributed by atoms with E-state index >= 15 is 0 Å². The van der Waals surface area contributed by atoms with Gasteiger partial charge in [0.25, 0.3) is 0 Å². The molecule has 92 valence electrons. The van der Waals surface area contributed by atoms with Gasteiger partial charge in [-0.05, 0) is 0 Å². The van der Waals surface area contributed by atoms with Gasteiger partial charge in [0.1, 0.15) is 0 Å². The van der Waals surface area contributed by atoms with Crippen molar-refractivity contribution in [3.63, 3.8) is 0 Å². The van der Waals surface area contributed by atoms with Gasteiger partial charge in [0, 0.05) is 0 Å². The van der Waals surface area contributed by atoms with Gasteiger partial charge in [-0.3, -0.25) is 0 Å². The van der Waals surface area contributed by atoms with E-state index in [1.807, 2.05) is 18.2 Å². The van der Waals surface area contributed by atoms with Crippen molar-refractivity contribution in [1.29, 1.82) is 0 Å². The third-order valence-electron chi connectivity index (χ3n) is 1.61. The van der Waals surface area contributed by atoms with E-state index in [1.165, 1.54) is 21.3 Å². The van der Waals surface area contributed by atoms with Crippen LogP contribution in [0.3, 0.4) is 0 Å². The summed E-state index contributed by atoms with van der Waals surface area (Å²) in [6.45, 7) is 0. The second-order valence-corrected chi connectivity index (χ2v) is 4.56. The third kappa shape index (κ3) is 3.68. The minimum absolute atomic E-state index is 0.533. The van der Waals surface area contributed by atoms with Crippen LogP contribution >= 0.6 is 8.17 Å². The Morgan fingerprint density at radius 1 is 0.875 bits per heavy atom. The average Bonchev–Trinajstić information content (AvgIpc) is 2.31. The Kier molecular flexibility index (Phi) is 5.62. The molecular weight excluding hydrogens is 235 g/mol. The van der Waals surface area contributed by atoms with Crippen LogP contribution in [0.1, 0.15) is 0 Å². The molecule has 1 aromatic rings. The van der Waals surface area contributed by atoms with Crippen LogP contribution in [-0.2, 0) is 23.6 Å². The molecule has 0 amide bonds. The standard InChI is InChI=1S/C9H15O6P/c1-10-14-16(12-3,15-11-2)13-9-7-5-4-6-8-9/h4-8,16H,1-3H3. The molecule has 0 spiro atoms. The van der Waals surface area contributed by atoms with Crippen LogP contribution < -0.4 is 4.52 Å². The first-order valence-electron chi connectivity index (χ1n) is 4.49. The van der Waals surface area contributed by atoms with Crippen molar-refractivity contribution in [2.75, 3.05) is 21.3 Å². The zero-order chi connectivity index (χ0) is 11.9. The van der Waals surface area contributed by atoms with Gasteiger partial charge in [-0.1, -0.05) is 0 Å². The SMILES string of the molecule is COO[PH](OC)(OOC)Oc1ccccc1. The molecule has 0 fully saturated rings. The van der Waals surface area contributed by atoms with Gasteiger partial charge in [-0.2, -0.15) is 0 Å². The molecule has 0 aliphatic rings. The van der Waals surface area contributed by atoms with Gasteiger partial charge in [-0.15, -0.1) is 0 Å². The van der Waals surface area contributed by atoms with E-state index in [9.17, 15) is 0 Å². The van der Waals surface area contributed by atoms with Crippen molar-refractivity contribution in [2.45, 2.75) is 0 Å². The van der Waals surface area contributed by atoms with Crippen molar-refractivity contribution in [3.8, 4) is 5.75 Å². The summed E-state index contributed by atoms with van der Waals surface area (Å²) >= 11 is 0. The van der Waals surface area contributed by atoms with Crippen molar-refractivity contribution < 1.29 is 28.2 Å². The van der Waals surface area contributed by atoms with Crippen molar-refractivity contribution in [1.82, 2.24) is 0 Å². The van der Waals surface area contributed by atoms with E-state index in [-0.39, 0.29) is 0 Å². The van der Waals surface area contributed by atoms with Gasteiger partial charge in [-0.25, -0.2) is 0 Å². The third-order valence-corrected chi connectivity index (χ3v) is 3.33. The zero-order valence-corrected chi connectivity index (χ0v) is 10.3. The van der Waals surface area contributed by atoms with Crippen LogP contribution in [-0.4, -0.2) is 21.3 Å². The molecule has 6 nitrogen and oxygen atoms in total. The molecule has 1 aromatic carbocycles. The van der Waals surface area contributed by atoms with E-state index in [1.54, 1.807) is 12.1 Å². The summed E-state index contributed by atoms with van der Waals surface area (Å²) in [6.07, 6.45) is 0. The topological polar surface area (TPSA) is 55.4 Å². The number of hydrogen-bond donors (Lipinski definition) is 0. The molecule has 0 saturated heterocycles. The molecule has 0 unspecified atom stereocenters. The number of para-hydroxylation sites is 1. The summed E-state index contributed by atoms with van der Waals surface area (Å²) in [5.74, 6) is 0.533. The Labute approximate surface area is 94.5 Å². The molecule has 0 aliphatic heterocycles. The molecule has 0 bridgehead atoms. The summed E-state index contributed by atoms with van der Waals surface area (Å²) in [5.41, 5.74) is 0. The van der Waals surface area contributed by atoms with E-state index < -0.39 is 8.17 Å². The van der Waals surface area contributed by atoms with E-state index in [0.29, 0.717) is 5.75 Å². The quantitative estimate of drug-likeness (QED) is 0.420. The first-order chi connectivity index (χ1) is 7.76. The zero-order valence-electron chi connectivity index (χ0n) is 9.34. The Morgan fingerprint density at radius 3 is 1.88 bits per heavy atom. The van der Waals surface area contributed by atoms with Crippen molar-refractivity contribution >= 4 is 8.17 Å². The molecule has 0 atom stereocenters. The summed E-state index contributed by atoms with van der Waals surface area (Å²) in [5, 5.41) is 0. The maximum absolute atomic E-state index is 5.45. The first kappa shape index (κ1) is 13.3. The average molecular weight is 250 g/mol. The van der Waals surface area contributed by atoms with Gasteiger partial charge in [0.05, 0.1) is 0 Å². The molecule has 7 heteroatoms. The van der Waals surface area contributed by atoms with Crippen molar-refractivity contribution in [2.24, 2.45) is 0 Å². The molecule has 0 N–H and O–H groups in total. The molecule has 0 radical (unpaired) electrons. The molecule has 1 rings (SSSR count). The number of rotatable bonds is 7. The molecule has 0 saturated carbocycles. The fourth-order valence-electron chi connectivity index (χ4n) is 0.995. The Balaban J connectivity index is 2.76. The summed E-state index contributed by atoms with van der Waals surface area (Å²) < 4.78 is 20.2. The Morgan fingerprint density at radius 2 is 1.44 bits per heavy atom. The fraction of sp³-hybridized carbons (Fsp3) is 0.333. The monoisotopic (exact) mass is 250 g/mol. The van der Waals surface area contributed by atoms with Crippen LogP contribution in [0, 0.1) is 0 Å². The second kappa shape index (κ2) is 6.75. The van der Waals surface area contributed by atoms with Gasteiger partial charge < -0.3 is 0 Å². The molecule has 0 heterocycles. The van der Waals surface area contributed by atoms with Crippen LogP contribution in [0.4, 0.5) is 0 Å². The number of hydrogen-bond acceptors (Lipinski definition) is 6. The van der Waals surface area contributed by atoms with Crippen LogP contribution in [0.5, 0.6) is 5.75 Å². The van der Waals surface area contributed by atoms with Gasteiger partial charge in [0.2, 0.25) is 0 Å². The second-order valence-electron chi connectivity index (χ2n) is 2.62. The summed E-state index contributed by atoms with van der Waals surface area (Å²) in [6, 6.07) is 8.95. The molecule has 0 aromatic heterocycles.